The summed E-state index contributed by atoms with van der Waals surface area (Å²) in [7, 11) is 1.57. The summed E-state index contributed by atoms with van der Waals surface area (Å²) in [6.45, 7) is 3.96. The van der Waals surface area contributed by atoms with Crippen molar-refractivity contribution in [1.82, 2.24) is 20.2 Å². The predicted molar refractivity (Wildman–Crippen MR) is 110 cm³/mol. The predicted octanol–water partition coefficient (Wildman–Crippen LogP) is 3.17. The summed E-state index contributed by atoms with van der Waals surface area (Å²) in [5, 5.41) is 18.0. The lowest BCUT2D eigenvalue weighted by Gasteiger charge is -2.28. The second-order valence-electron chi connectivity index (χ2n) is 6.76. The highest BCUT2D eigenvalue weighted by Gasteiger charge is 2.34. The van der Waals surface area contributed by atoms with Crippen molar-refractivity contribution in [3.05, 3.63) is 70.9 Å². The third-order valence-electron chi connectivity index (χ3n) is 5.02. The van der Waals surface area contributed by atoms with Gasteiger partial charge in [-0.2, -0.15) is 4.68 Å². The van der Waals surface area contributed by atoms with E-state index in [4.69, 9.17) is 4.74 Å². The number of ether oxygens (including phenoxy) is 1. The Labute approximate surface area is 168 Å². The first kappa shape index (κ1) is 18.7. The van der Waals surface area contributed by atoms with E-state index in [9.17, 15) is 4.79 Å². The number of amides is 1. The van der Waals surface area contributed by atoms with Crippen LogP contribution in [0.1, 0.15) is 31.0 Å². The molecule has 0 spiro atoms. The summed E-state index contributed by atoms with van der Waals surface area (Å²) < 4.78 is 6.99. The number of tetrazole rings is 1. The second kappa shape index (κ2) is 7.75. The molecule has 1 amide bonds. The number of para-hydroxylation sites is 2. The molecule has 0 fully saturated rings. The zero-order valence-electron chi connectivity index (χ0n) is 16.5. The Morgan fingerprint density at radius 1 is 1.21 bits per heavy atom. The Morgan fingerprint density at radius 3 is 2.69 bits per heavy atom. The number of carbonyl (C=O) groups excluding carboxylic acids is 1. The van der Waals surface area contributed by atoms with Crippen LogP contribution in [0, 0.1) is 0 Å². The number of benzene rings is 2. The number of hydrogen-bond donors (Lipinski definition) is 2. The molecule has 0 saturated heterocycles. The molecule has 148 valence electrons. The van der Waals surface area contributed by atoms with E-state index >= 15 is 0 Å². The number of allylic oxidation sites excluding steroid dienone is 1. The molecule has 3 aromatic rings. The second-order valence-corrected chi connectivity index (χ2v) is 6.76. The van der Waals surface area contributed by atoms with Crippen LogP contribution >= 0.6 is 0 Å². The van der Waals surface area contributed by atoms with E-state index in [-0.39, 0.29) is 5.91 Å². The van der Waals surface area contributed by atoms with Crippen molar-refractivity contribution in [3.8, 4) is 5.75 Å². The lowest BCUT2D eigenvalue weighted by Crippen LogP contribution is -2.31. The number of carbonyl (C=O) groups is 1. The normalized spacial score (nSPS) is 15.5. The van der Waals surface area contributed by atoms with Gasteiger partial charge in [-0.1, -0.05) is 48.4 Å². The van der Waals surface area contributed by atoms with Gasteiger partial charge in [-0.05, 0) is 47.0 Å². The first-order valence-electron chi connectivity index (χ1n) is 9.41. The fourth-order valence-corrected chi connectivity index (χ4v) is 3.49. The van der Waals surface area contributed by atoms with E-state index in [2.05, 4.69) is 45.2 Å². The first-order chi connectivity index (χ1) is 14.1. The highest BCUT2D eigenvalue weighted by atomic mass is 16.5. The molecule has 1 unspecified atom stereocenters. The van der Waals surface area contributed by atoms with Crippen molar-refractivity contribution in [1.29, 1.82) is 0 Å². The standard InChI is InChI=1S/C21H22N6O2/c1-4-14-9-11-15(12-10-14)19-18(13(2)22-21-24-25-26-27(19)21)20(28)23-16-7-5-6-8-17(16)29-3/h5-12,19H,4H2,1-3H3,(H,23,28)(H,22,24,26). The molecular weight excluding hydrogens is 368 g/mol. The smallest absolute Gasteiger partial charge is 0.255 e. The summed E-state index contributed by atoms with van der Waals surface area (Å²) in [6.07, 6.45) is 0.943. The van der Waals surface area contributed by atoms with E-state index in [1.165, 1.54) is 5.56 Å². The summed E-state index contributed by atoms with van der Waals surface area (Å²) in [4.78, 5) is 13.3. The van der Waals surface area contributed by atoms with Crippen LogP contribution in [-0.4, -0.2) is 33.2 Å². The van der Waals surface area contributed by atoms with Gasteiger partial charge >= 0.3 is 0 Å². The fourth-order valence-electron chi connectivity index (χ4n) is 3.49. The zero-order valence-corrected chi connectivity index (χ0v) is 16.5. The quantitative estimate of drug-likeness (QED) is 0.695. The van der Waals surface area contributed by atoms with Crippen LogP contribution in [-0.2, 0) is 11.2 Å². The summed E-state index contributed by atoms with van der Waals surface area (Å²) >= 11 is 0. The number of methoxy groups -OCH3 is 1. The van der Waals surface area contributed by atoms with Crippen LogP contribution in [0.3, 0.4) is 0 Å². The molecule has 0 saturated carbocycles. The fraction of sp³-hybridized carbons (Fsp3) is 0.238. The average molecular weight is 390 g/mol. The topological polar surface area (TPSA) is 94.0 Å². The lowest BCUT2D eigenvalue weighted by atomic mass is 9.94. The highest BCUT2D eigenvalue weighted by Crippen LogP contribution is 2.35. The monoisotopic (exact) mass is 390 g/mol. The maximum Gasteiger partial charge on any atom is 0.255 e. The lowest BCUT2D eigenvalue weighted by molar-refractivity contribution is -0.113. The first-order valence-corrected chi connectivity index (χ1v) is 9.41. The van der Waals surface area contributed by atoms with Crippen molar-refractivity contribution in [2.24, 2.45) is 0 Å². The molecule has 0 radical (unpaired) electrons. The molecular formula is C21H22N6O2. The number of hydrogen-bond acceptors (Lipinski definition) is 6. The number of anilines is 2. The minimum absolute atomic E-state index is 0.245. The Morgan fingerprint density at radius 2 is 1.97 bits per heavy atom. The van der Waals surface area contributed by atoms with Crippen LogP contribution in [0.15, 0.2) is 59.8 Å². The van der Waals surface area contributed by atoms with Gasteiger partial charge in [0.1, 0.15) is 11.8 Å². The van der Waals surface area contributed by atoms with Gasteiger partial charge in [0.2, 0.25) is 5.95 Å². The van der Waals surface area contributed by atoms with E-state index < -0.39 is 6.04 Å². The molecule has 0 aliphatic carbocycles. The zero-order chi connectivity index (χ0) is 20.4. The van der Waals surface area contributed by atoms with Crippen molar-refractivity contribution < 1.29 is 9.53 Å². The van der Waals surface area contributed by atoms with Gasteiger partial charge in [-0.25, -0.2) is 0 Å². The number of nitrogens with zero attached hydrogens (tertiary/aromatic N) is 4. The molecule has 2 aromatic carbocycles. The van der Waals surface area contributed by atoms with Crippen LogP contribution in [0.4, 0.5) is 11.6 Å². The van der Waals surface area contributed by atoms with E-state index in [1.807, 2.05) is 31.2 Å². The molecule has 1 aromatic heterocycles. The van der Waals surface area contributed by atoms with Crippen LogP contribution in [0.5, 0.6) is 5.75 Å². The number of rotatable bonds is 5. The maximum absolute atomic E-state index is 13.3. The molecule has 8 nitrogen and oxygen atoms in total. The molecule has 1 aliphatic heterocycles. The van der Waals surface area contributed by atoms with Gasteiger partial charge in [-0.3, -0.25) is 4.79 Å². The summed E-state index contributed by atoms with van der Waals surface area (Å²) in [6, 6.07) is 15.0. The van der Waals surface area contributed by atoms with Gasteiger partial charge in [0.15, 0.2) is 0 Å². The Bertz CT molecular complexity index is 1070. The van der Waals surface area contributed by atoms with Crippen LogP contribution < -0.4 is 15.4 Å². The maximum atomic E-state index is 13.3. The Balaban J connectivity index is 1.75. The van der Waals surface area contributed by atoms with Gasteiger partial charge in [0, 0.05) is 5.70 Å². The SMILES string of the molecule is CCc1ccc(C2C(C(=O)Nc3ccccc3OC)=C(C)Nc3nnnn32)cc1. The molecule has 0 bridgehead atoms. The van der Waals surface area contributed by atoms with E-state index in [0.29, 0.717) is 28.7 Å². The van der Waals surface area contributed by atoms with Gasteiger partial charge in [0.05, 0.1) is 18.4 Å². The van der Waals surface area contributed by atoms with Gasteiger partial charge in [-0.15, -0.1) is 0 Å². The number of nitrogens with one attached hydrogen (secondary N) is 2. The van der Waals surface area contributed by atoms with Crippen molar-refractivity contribution >= 4 is 17.5 Å². The molecule has 2 heterocycles. The van der Waals surface area contributed by atoms with Gasteiger partial charge in [0.25, 0.3) is 5.91 Å². The number of fused-ring (bicyclic) bond motifs is 1. The molecule has 29 heavy (non-hydrogen) atoms. The molecule has 1 aliphatic rings. The Kier molecular flexibility index (Phi) is 4.99. The Hall–Kier alpha value is -3.68. The van der Waals surface area contributed by atoms with Crippen LogP contribution in [0.2, 0.25) is 0 Å². The minimum atomic E-state index is -0.443. The highest BCUT2D eigenvalue weighted by molar-refractivity contribution is 6.06. The largest absolute Gasteiger partial charge is 0.495 e. The molecule has 2 N–H and O–H groups in total. The third kappa shape index (κ3) is 3.44. The van der Waals surface area contributed by atoms with Crippen molar-refractivity contribution in [2.75, 3.05) is 17.7 Å². The molecule has 4 rings (SSSR count). The summed E-state index contributed by atoms with van der Waals surface area (Å²) in [5.74, 6) is 0.848. The van der Waals surface area contributed by atoms with Gasteiger partial charge < -0.3 is 15.4 Å². The van der Waals surface area contributed by atoms with Crippen molar-refractivity contribution in [2.45, 2.75) is 26.3 Å². The average Bonchev–Trinajstić information content (AvgIpc) is 3.21. The molecule has 8 heteroatoms. The third-order valence-corrected chi connectivity index (χ3v) is 5.02. The van der Waals surface area contributed by atoms with E-state index in [1.54, 1.807) is 23.9 Å². The van der Waals surface area contributed by atoms with Crippen molar-refractivity contribution in [3.63, 3.8) is 0 Å². The van der Waals surface area contributed by atoms with E-state index in [0.717, 1.165) is 12.0 Å². The minimum Gasteiger partial charge on any atom is -0.495 e. The number of aryl methyl sites for hydroxylation is 1. The molecule has 1 atom stereocenters. The van der Waals surface area contributed by atoms with Crippen LogP contribution in [0.25, 0.3) is 0 Å². The summed E-state index contributed by atoms with van der Waals surface area (Å²) in [5.41, 5.74) is 3.99. The number of aromatic nitrogens is 4.